The van der Waals surface area contributed by atoms with Crippen molar-refractivity contribution < 1.29 is 8.81 Å². The zero-order valence-corrected chi connectivity index (χ0v) is 10.8. The number of aromatic nitrogens is 1. The first-order chi connectivity index (χ1) is 9.67. The van der Waals surface area contributed by atoms with Crippen molar-refractivity contribution in [3.8, 4) is 0 Å². The first-order valence-corrected chi connectivity index (χ1v) is 6.23. The van der Waals surface area contributed by atoms with E-state index < -0.39 is 5.76 Å². The zero-order valence-electron chi connectivity index (χ0n) is 10.8. The third-order valence-electron chi connectivity index (χ3n) is 3.27. The molecule has 4 nitrogen and oxygen atoms in total. The van der Waals surface area contributed by atoms with E-state index >= 15 is 0 Å². The number of nitrogens with one attached hydrogen (secondary N) is 2. The van der Waals surface area contributed by atoms with Crippen LogP contribution in [0.15, 0.2) is 51.7 Å². The Morgan fingerprint density at radius 1 is 1.15 bits per heavy atom. The quantitative estimate of drug-likeness (QED) is 0.770. The molecular formula is C15H13FN2O2. The number of halogens is 1. The predicted molar refractivity (Wildman–Crippen MR) is 74.1 cm³/mol. The molecule has 0 fully saturated rings. The highest BCUT2D eigenvalue weighted by Gasteiger charge is 2.13. The fourth-order valence-electron chi connectivity index (χ4n) is 2.32. The van der Waals surface area contributed by atoms with Crippen LogP contribution in [-0.2, 0) is 0 Å². The minimum atomic E-state index is -0.472. The second-order valence-electron chi connectivity index (χ2n) is 4.54. The Kier molecular flexibility index (Phi) is 3.12. The molecule has 1 unspecified atom stereocenters. The average molecular weight is 272 g/mol. The molecule has 0 aliphatic heterocycles. The molecule has 5 heteroatoms. The van der Waals surface area contributed by atoms with Crippen LogP contribution in [0.2, 0.25) is 0 Å². The highest BCUT2D eigenvalue weighted by Crippen LogP contribution is 2.24. The molecule has 0 saturated carbocycles. The second kappa shape index (κ2) is 4.94. The molecule has 0 amide bonds. The van der Waals surface area contributed by atoms with Gasteiger partial charge in [-0.05, 0) is 42.4 Å². The lowest BCUT2D eigenvalue weighted by molar-refractivity contribution is 0.554. The van der Waals surface area contributed by atoms with E-state index in [1.54, 1.807) is 24.3 Å². The van der Waals surface area contributed by atoms with Crippen molar-refractivity contribution in [2.45, 2.75) is 6.04 Å². The van der Waals surface area contributed by atoms with E-state index in [2.05, 4.69) is 10.3 Å². The van der Waals surface area contributed by atoms with E-state index in [1.165, 1.54) is 12.1 Å². The van der Waals surface area contributed by atoms with Gasteiger partial charge in [0.25, 0.3) is 0 Å². The van der Waals surface area contributed by atoms with Crippen molar-refractivity contribution in [2.75, 3.05) is 7.05 Å². The summed E-state index contributed by atoms with van der Waals surface area (Å²) in [5, 5.41) is 3.17. The smallest absolute Gasteiger partial charge is 0.408 e. The highest BCUT2D eigenvalue weighted by atomic mass is 19.1. The Bertz CT molecular complexity index is 789. The lowest BCUT2D eigenvalue weighted by Gasteiger charge is -2.17. The van der Waals surface area contributed by atoms with Crippen molar-refractivity contribution in [2.24, 2.45) is 0 Å². The maximum Gasteiger partial charge on any atom is 0.417 e. The molecule has 1 aromatic heterocycles. The van der Waals surface area contributed by atoms with Crippen LogP contribution >= 0.6 is 0 Å². The summed E-state index contributed by atoms with van der Waals surface area (Å²) in [6.07, 6.45) is 0. The normalized spacial score (nSPS) is 12.7. The maximum atomic E-state index is 13.0. The van der Waals surface area contributed by atoms with Crippen molar-refractivity contribution in [1.82, 2.24) is 10.3 Å². The molecule has 0 aliphatic rings. The summed E-state index contributed by atoms with van der Waals surface area (Å²) in [5.41, 5.74) is 3.04. The largest absolute Gasteiger partial charge is 0.417 e. The van der Waals surface area contributed by atoms with Gasteiger partial charge in [0.2, 0.25) is 0 Å². The van der Waals surface area contributed by atoms with E-state index in [9.17, 15) is 9.18 Å². The number of hydrogen-bond donors (Lipinski definition) is 2. The second-order valence-corrected chi connectivity index (χ2v) is 4.54. The Balaban J connectivity index is 2.06. The number of H-pyrrole nitrogens is 1. The average Bonchev–Trinajstić information content (AvgIpc) is 2.81. The molecule has 20 heavy (non-hydrogen) atoms. The van der Waals surface area contributed by atoms with Crippen LogP contribution < -0.4 is 11.1 Å². The fraction of sp³-hybridized carbons (Fsp3) is 0.133. The van der Waals surface area contributed by atoms with Gasteiger partial charge in [0, 0.05) is 0 Å². The SMILES string of the molecule is CNC(c1ccc(F)cc1)c1ccc2[nH]c(=O)oc2c1. The van der Waals surface area contributed by atoms with Gasteiger partial charge in [0.15, 0.2) is 5.58 Å². The molecule has 0 aliphatic carbocycles. The van der Waals surface area contributed by atoms with Crippen molar-refractivity contribution >= 4 is 11.1 Å². The molecule has 102 valence electrons. The van der Waals surface area contributed by atoms with Crippen molar-refractivity contribution in [1.29, 1.82) is 0 Å². The van der Waals surface area contributed by atoms with Gasteiger partial charge in [-0.1, -0.05) is 18.2 Å². The van der Waals surface area contributed by atoms with Crippen LogP contribution in [0.3, 0.4) is 0 Å². The Labute approximate surface area is 114 Å². The van der Waals surface area contributed by atoms with Gasteiger partial charge in [-0.3, -0.25) is 4.98 Å². The zero-order chi connectivity index (χ0) is 14.1. The Morgan fingerprint density at radius 2 is 1.85 bits per heavy atom. The molecule has 1 heterocycles. The van der Waals surface area contributed by atoms with Crippen LogP contribution in [0, 0.1) is 5.82 Å². The van der Waals surface area contributed by atoms with E-state index in [-0.39, 0.29) is 11.9 Å². The van der Waals surface area contributed by atoms with Crippen molar-refractivity contribution in [3.63, 3.8) is 0 Å². The van der Waals surface area contributed by atoms with E-state index in [1.807, 2.05) is 13.1 Å². The molecule has 2 N–H and O–H groups in total. The number of hydrogen-bond acceptors (Lipinski definition) is 3. The van der Waals surface area contributed by atoms with Gasteiger partial charge >= 0.3 is 5.76 Å². The van der Waals surface area contributed by atoms with E-state index in [0.717, 1.165) is 11.1 Å². The Morgan fingerprint density at radius 3 is 2.55 bits per heavy atom. The summed E-state index contributed by atoms with van der Waals surface area (Å²) < 4.78 is 18.1. The summed E-state index contributed by atoms with van der Waals surface area (Å²) in [6, 6.07) is 11.7. The first-order valence-electron chi connectivity index (χ1n) is 6.23. The van der Waals surface area contributed by atoms with Gasteiger partial charge in [0.1, 0.15) is 5.82 Å². The molecular weight excluding hydrogens is 259 g/mol. The fourth-order valence-corrected chi connectivity index (χ4v) is 2.32. The summed E-state index contributed by atoms with van der Waals surface area (Å²) in [6.45, 7) is 0. The predicted octanol–water partition coefficient (Wildman–Crippen LogP) is 2.57. The van der Waals surface area contributed by atoms with Crippen LogP contribution in [0.1, 0.15) is 17.2 Å². The lowest BCUT2D eigenvalue weighted by Crippen LogP contribution is -2.17. The molecule has 0 spiro atoms. The van der Waals surface area contributed by atoms with Crippen molar-refractivity contribution in [3.05, 3.63) is 70.0 Å². The molecule has 2 aromatic carbocycles. The van der Waals surface area contributed by atoms with Gasteiger partial charge in [-0.25, -0.2) is 9.18 Å². The molecule has 3 aromatic rings. The number of aromatic amines is 1. The highest BCUT2D eigenvalue weighted by molar-refractivity contribution is 5.73. The summed E-state index contributed by atoms with van der Waals surface area (Å²) >= 11 is 0. The Hall–Kier alpha value is -2.40. The maximum absolute atomic E-state index is 13.0. The van der Waals surface area contributed by atoms with Crippen LogP contribution in [-0.4, -0.2) is 12.0 Å². The minimum Gasteiger partial charge on any atom is -0.408 e. The standard InChI is InChI=1S/C15H13FN2O2/c1-17-14(9-2-5-11(16)6-3-9)10-4-7-12-13(8-10)20-15(19)18-12/h2-8,14,17H,1H3,(H,18,19). The number of rotatable bonds is 3. The summed E-state index contributed by atoms with van der Waals surface area (Å²) in [5.74, 6) is -0.740. The number of fused-ring (bicyclic) bond motifs is 1. The molecule has 3 rings (SSSR count). The van der Waals surface area contributed by atoms with E-state index in [4.69, 9.17) is 4.42 Å². The number of benzene rings is 2. The van der Waals surface area contributed by atoms with Crippen LogP contribution in [0.25, 0.3) is 11.1 Å². The first kappa shape index (κ1) is 12.6. The monoisotopic (exact) mass is 272 g/mol. The summed E-state index contributed by atoms with van der Waals surface area (Å²) in [4.78, 5) is 13.8. The van der Waals surface area contributed by atoms with Gasteiger partial charge in [-0.2, -0.15) is 0 Å². The van der Waals surface area contributed by atoms with Gasteiger partial charge in [-0.15, -0.1) is 0 Å². The third kappa shape index (κ3) is 2.23. The number of oxazole rings is 1. The van der Waals surface area contributed by atoms with Crippen LogP contribution in [0.4, 0.5) is 4.39 Å². The minimum absolute atomic E-state index is 0.0970. The third-order valence-corrected chi connectivity index (χ3v) is 3.27. The summed E-state index contributed by atoms with van der Waals surface area (Å²) in [7, 11) is 1.82. The molecule has 0 saturated heterocycles. The topological polar surface area (TPSA) is 58.0 Å². The molecule has 0 bridgehead atoms. The van der Waals surface area contributed by atoms with Crippen LogP contribution in [0.5, 0.6) is 0 Å². The van der Waals surface area contributed by atoms with E-state index in [0.29, 0.717) is 11.1 Å². The molecule has 0 radical (unpaired) electrons. The van der Waals surface area contributed by atoms with Gasteiger partial charge in [0.05, 0.1) is 11.6 Å². The molecule has 1 atom stereocenters. The lowest BCUT2D eigenvalue weighted by atomic mass is 9.98. The van der Waals surface area contributed by atoms with Gasteiger partial charge < -0.3 is 9.73 Å².